The van der Waals surface area contributed by atoms with E-state index in [9.17, 15) is 10.1 Å². The number of carbonyl (C=O) groups is 1. The SMILES string of the molecule is COc1ccc(-n2ccnc2SCC(=O)Nc2c(C#N)c(C)c(C)n2Cc2ccco2)cc1. The Morgan fingerprint density at radius 3 is 2.73 bits per heavy atom. The lowest BCUT2D eigenvalue weighted by atomic mass is 10.2. The standard InChI is InChI=1S/C24H23N5O3S/c1-16-17(2)29(14-20-5-4-12-32-20)23(21(16)13-25)27-22(30)15-33-24-26-10-11-28(24)18-6-8-19(31-3)9-7-18/h4-12H,14-15H2,1-3H3,(H,27,30). The smallest absolute Gasteiger partial charge is 0.235 e. The van der Waals surface area contributed by atoms with Gasteiger partial charge in [-0.1, -0.05) is 11.8 Å². The van der Waals surface area contributed by atoms with Crippen molar-refractivity contribution in [1.82, 2.24) is 14.1 Å². The fraction of sp³-hybridized carbons (Fsp3) is 0.208. The van der Waals surface area contributed by atoms with Gasteiger partial charge < -0.3 is 19.0 Å². The van der Waals surface area contributed by atoms with Crippen LogP contribution in [-0.4, -0.2) is 32.9 Å². The van der Waals surface area contributed by atoms with Crippen LogP contribution in [0.15, 0.2) is 64.6 Å². The van der Waals surface area contributed by atoms with Crippen molar-refractivity contribution in [2.75, 3.05) is 18.2 Å². The molecular formula is C24H23N5O3S. The summed E-state index contributed by atoms with van der Waals surface area (Å²) in [6.07, 6.45) is 5.14. The molecule has 0 aliphatic carbocycles. The number of imidazole rings is 1. The molecule has 0 unspecified atom stereocenters. The van der Waals surface area contributed by atoms with Gasteiger partial charge >= 0.3 is 0 Å². The van der Waals surface area contributed by atoms with Crippen LogP contribution >= 0.6 is 11.8 Å². The molecule has 0 saturated heterocycles. The Balaban J connectivity index is 1.50. The zero-order chi connectivity index (χ0) is 23.4. The van der Waals surface area contributed by atoms with E-state index in [4.69, 9.17) is 9.15 Å². The molecule has 0 atom stereocenters. The molecule has 0 saturated carbocycles. The number of nitrogens with zero attached hydrogens (tertiary/aromatic N) is 4. The van der Waals surface area contributed by atoms with Crippen molar-refractivity contribution in [3.63, 3.8) is 0 Å². The minimum Gasteiger partial charge on any atom is -0.497 e. The molecule has 0 spiro atoms. The average Bonchev–Trinajstić information content (AvgIpc) is 3.56. The Hall–Kier alpha value is -3.90. The van der Waals surface area contributed by atoms with E-state index in [1.165, 1.54) is 11.8 Å². The third-order valence-electron chi connectivity index (χ3n) is 5.38. The van der Waals surface area contributed by atoms with Crippen LogP contribution in [0.4, 0.5) is 5.82 Å². The number of thioether (sulfide) groups is 1. The number of hydrogen-bond donors (Lipinski definition) is 1. The summed E-state index contributed by atoms with van der Waals surface area (Å²) in [6.45, 7) is 4.23. The van der Waals surface area contributed by atoms with Crippen molar-refractivity contribution < 1.29 is 13.9 Å². The largest absolute Gasteiger partial charge is 0.497 e. The number of hydrogen-bond acceptors (Lipinski definition) is 6. The van der Waals surface area contributed by atoms with Crippen molar-refractivity contribution in [2.24, 2.45) is 0 Å². The number of rotatable bonds is 8. The Bertz CT molecular complexity index is 1300. The summed E-state index contributed by atoms with van der Waals surface area (Å²) in [5.41, 5.74) is 3.11. The van der Waals surface area contributed by atoms with E-state index in [1.54, 1.807) is 19.6 Å². The van der Waals surface area contributed by atoms with Crippen molar-refractivity contribution >= 4 is 23.5 Å². The fourth-order valence-corrected chi connectivity index (χ4v) is 4.29. The van der Waals surface area contributed by atoms with E-state index in [2.05, 4.69) is 16.4 Å². The molecule has 1 aromatic carbocycles. The Morgan fingerprint density at radius 1 is 1.27 bits per heavy atom. The molecule has 0 bridgehead atoms. The third kappa shape index (κ3) is 4.66. The minimum atomic E-state index is -0.223. The first-order valence-electron chi connectivity index (χ1n) is 10.2. The summed E-state index contributed by atoms with van der Waals surface area (Å²) in [6, 6.07) is 13.5. The molecule has 168 valence electrons. The fourth-order valence-electron chi connectivity index (χ4n) is 3.52. The van der Waals surface area contributed by atoms with Gasteiger partial charge in [-0.25, -0.2) is 4.98 Å². The van der Waals surface area contributed by atoms with Crippen molar-refractivity contribution in [1.29, 1.82) is 5.26 Å². The van der Waals surface area contributed by atoms with Gasteiger partial charge in [0.2, 0.25) is 5.91 Å². The highest BCUT2D eigenvalue weighted by Gasteiger charge is 2.21. The minimum absolute atomic E-state index is 0.141. The molecule has 0 radical (unpaired) electrons. The molecule has 33 heavy (non-hydrogen) atoms. The van der Waals surface area contributed by atoms with E-state index in [1.807, 2.05) is 65.6 Å². The maximum Gasteiger partial charge on any atom is 0.235 e. The van der Waals surface area contributed by atoms with Gasteiger partial charge in [0, 0.05) is 23.8 Å². The summed E-state index contributed by atoms with van der Waals surface area (Å²) in [5.74, 6) is 1.90. The van der Waals surface area contributed by atoms with Crippen molar-refractivity contribution in [3.05, 3.63) is 77.6 Å². The molecule has 0 aliphatic heterocycles. The van der Waals surface area contributed by atoms with E-state index in [0.717, 1.165) is 28.5 Å². The van der Waals surface area contributed by atoms with Gasteiger partial charge in [-0.2, -0.15) is 5.26 Å². The van der Waals surface area contributed by atoms with Gasteiger partial charge in [0.15, 0.2) is 5.16 Å². The summed E-state index contributed by atoms with van der Waals surface area (Å²) in [7, 11) is 1.62. The predicted molar refractivity (Wildman–Crippen MR) is 126 cm³/mol. The maximum atomic E-state index is 12.9. The summed E-state index contributed by atoms with van der Waals surface area (Å²) in [5, 5.41) is 13.3. The van der Waals surface area contributed by atoms with Gasteiger partial charge in [0.25, 0.3) is 0 Å². The lowest BCUT2D eigenvalue weighted by molar-refractivity contribution is -0.113. The number of aromatic nitrogens is 3. The van der Waals surface area contributed by atoms with E-state index in [-0.39, 0.29) is 11.7 Å². The molecule has 3 aromatic heterocycles. The summed E-state index contributed by atoms with van der Waals surface area (Å²) in [4.78, 5) is 17.2. The summed E-state index contributed by atoms with van der Waals surface area (Å²) < 4.78 is 14.5. The van der Waals surface area contributed by atoms with Crippen molar-refractivity contribution in [3.8, 4) is 17.5 Å². The lowest BCUT2D eigenvalue weighted by Crippen LogP contribution is -2.18. The molecule has 8 nitrogen and oxygen atoms in total. The van der Waals surface area contributed by atoms with Crippen LogP contribution in [0.1, 0.15) is 22.6 Å². The van der Waals surface area contributed by atoms with Crippen LogP contribution in [0.2, 0.25) is 0 Å². The Kier molecular flexibility index (Phi) is 6.56. The maximum absolute atomic E-state index is 12.9. The molecule has 4 rings (SSSR count). The highest BCUT2D eigenvalue weighted by Crippen LogP contribution is 2.28. The molecule has 9 heteroatoms. The van der Waals surface area contributed by atoms with E-state index < -0.39 is 0 Å². The first-order chi connectivity index (χ1) is 16.0. The van der Waals surface area contributed by atoms with Crippen LogP contribution in [0.3, 0.4) is 0 Å². The number of benzene rings is 1. The molecule has 3 heterocycles. The van der Waals surface area contributed by atoms with Crippen LogP contribution in [0.25, 0.3) is 5.69 Å². The highest BCUT2D eigenvalue weighted by atomic mass is 32.2. The second kappa shape index (κ2) is 9.71. The van der Waals surface area contributed by atoms with Gasteiger partial charge in [0.1, 0.15) is 23.4 Å². The number of methoxy groups -OCH3 is 1. The van der Waals surface area contributed by atoms with Gasteiger partial charge in [0.05, 0.1) is 31.2 Å². The van der Waals surface area contributed by atoms with Crippen LogP contribution < -0.4 is 10.1 Å². The molecule has 1 N–H and O–H groups in total. The number of ether oxygens (including phenoxy) is 1. The average molecular weight is 462 g/mol. The molecule has 0 aliphatic rings. The zero-order valence-corrected chi connectivity index (χ0v) is 19.3. The number of nitriles is 1. The van der Waals surface area contributed by atoms with E-state index in [0.29, 0.717) is 23.1 Å². The Morgan fingerprint density at radius 2 is 2.06 bits per heavy atom. The molecule has 1 amide bonds. The molecular weight excluding hydrogens is 438 g/mol. The van der Waals surface area contributed by atoms with Crippen molar-refractivity contribution in [2.45, 2.75) is 25.5 Å². The number of carbonyl (C=O) groups excluding carboxylic acids is 1. The van der Waals surface area contributed by atoms with E-state index >= 15 is 0 Å². The lowest BCUT2D eigenvalue weighted by Gasteiger charge is -2.12. The second-order valence-corrected chi connectivity index (χ2v) is 8.27. The normalized spacial score (nSPS) is 10.7. The second-order valence-electron chi connectivity index (χ2n) is 7.33. The van der Waals surface area contributed by atoms with Crippen LogP contribution in [-0.2, 0) is 11.3 Å². The van der Waals surface area contributed by atoms with Crippen LogP contribution in [0.5, 0.6) is 5.75 Å². The molecule has 0 fully saturated rings. The predicted octanol–water partition coefficient (Wildman–Crippen LogP) is 4.54. The summed E-state index contributed by atoms with van der Waals surface area (Å²) >= 11 is 1.32. The number of furan rings is 1. The third-order valence-corrected chi connectivity index (χ3v) is 6.35. The topological polar surface area (TPSA) is 98.0 Å². The van der Waals surface area contributed by atoms with Gasteiger partial charge in [-0.3, -0.25) is 9.36 Å². The van der Waals surface area contributed by atoms with Gasteiger partial charge in [-0.05, 0) is 55.8 Å². The first kappa shape index (κ1) is 22.3. The highest BCUT2D eigenvalue weighted by molar-refractivity contribution is 7.99. The number of anilines is 1. The number of amides is 1. The molecule has 4 aromatic rings. The monoisotopic (exact) mass is 461 g/mol. The first-order valence-corrected chi connectivity index (χ1v) is 11.2. The number of nitrogens with one attached hydrogen (secondary N) is 1. The van der Waals surface area contributed by atoms with Gasteiger partial charge in [-0.15, -0.1) is 0 Å². The zero-order valence-electron chi connectivity index (χ0n) is 18.5. The van der Waals surface area contributed by atoms with Crippen LogP contribution in [0, 0.1) is 25.2 Å². The Labute approximate surface area is 195 Å². The quantitative estimate of drug-likeness (QED) is 0.387.